The highest BCUT2D eigenvalue weighted by molar-refractivity contribution is 5.81. The van der Waals surface area contributed by atoms with Gasteiger partial charge in [-0.25, -0.2) is 0 Å². The maximum atomic E-state index is 12.2. The first-order valence-electron chi connectivity index (χ1n) is 6.81. The molecule has 104 valence electrons. The predicted molar refractivity (Wildman–Crippen MR) is 70.9 cm³/mol. The molecule has 1 rings (SSSR count). The van der Waals surface area contributed by atoms with E-state index in [2.05, 4.69) is 5.32 Å². The molecule has 0 radical (unpaired) electrons. The number of rotatable bonds is 5. The van der Waals surface area contributed by atoms with E-state index in [1.807, 2.05) is 13.8 Å². The number of carbonyl (C=O) groups is 2. The highest BCUT2D eigenvalue weighted by Gasteiger charge is 2.22. The fraction of sp³-hybridized carbons (Fsp3) is 0.846. The molecule has 1 fully saturated rings. The van der Waals surface area contributed by atoms with Crippen molar-refractivity contribution in [3.05, 3.63) is 0 Å². The van der Waals surface area contributed by atoms with Crippen molar-refractivity contribution >= 4 is 11.8 Å². The highest BCUT2D eigenvalue weighted by atomic mass is 16.2. The van der Waals surface area contributed by atoms with Crippen molar-refractivity contribution in [3.63, 3.8) is 0 Å². The normalized spacial score (nSPS) is 19.9. The van der Waals surface area contributed by atoms with E-state index in [9.17, 15) is 9.59 Å². The van der Waals surface area contributed by atoms with Crippen LogP contribution in [0.15, 0.2) is 0 Å². The number of nitrogens with one attached hydrogen (secondary N) is 1. The van der Waals surface area contributed by atoms with Gasteiger partial charge in [-0.05, 0) is 19.8 Å². The van der Waals surface area contributed by atoms with Crippen LogP contribution in [0.2, 0.25) is 0 Å². The fourth-order valence-electron chi connectivity index (χ4n) is 2.17. The number of hydrogen-bond acceptors (Lipinski definition) is 3. The standard InChI is InChI=1S/C13H25N3O2/c1-10(4-3-5-11(2)14)13(18)16-8-6-12(17)15-7-9-16/h10-11H,3-9,14H2,1-2H3,(H,15,17). The molecule has 1 aliphatic rings. The molecular weight excluding hydrogens is 230 g/mol. The van der Waals surface area contributed by atoms with Crippen LogP contribution in [0.1, 0.15) is 39.5 Å². The molecule has 1 saturated heterocycles. The maximum Gasteiger partial charge on any atom is 0.225 e. The molecule has 1 aliphatic heterocycles. The summed E-state index contributed by atoms with van der Waals surface area (Å²) in [6.45, 7) is 5.68. The summed E-state index contributed by atoms with van der Waals surface area (Å²) in [7, 11) is 0. The number of nitrogens with zero attached hydrogens (tertiary/aromatic N) is 1. The first-order chi connectivity index (χ1) is 8.50. The summed E-state index contributed by atoms with van der Waals surface area (Å²) in [5.74, 6) is 0.225. The summed E-state index contributed by atoms with van der Waals surface area (Å²) in [6, 6.07) is 0.201. The molecule has 2 atom stereocenters. The van der Waals surface area contributed by atoms with Crippen LogP contribution in [0.4, 0.5) is 0 Å². The fourth-order valence-corrected chi connectivity index (χ4v) is 2.17. The van der Waals surface area contributed by atoms with E-state index in [0.29, 0.717) is 26.1 Å². The molecular formula is C13H25N3O2. The van der Waals surface area contributed by atoms with Crippen molar-refractivity contribution in [1.82, 2.24) is 10.2 Å². The maximum absolute atomic E-state index is 12.2. The van der Waals surface area contributed by atoms with E-state index < -0.39 is 0 Å². The lowest BCUT2D eigenvalue weighted by atomic mass is 10.0. The molecule has 0 bridgehead atoms. The lowest BCUT2D eigenvalue weighted by Crippen LogP contribution is -2.37. The van der Waals surface area contributed by atoms with Crippen molar-refractivity contribution in [2.75, 3.05) is 19.6 Å². The number of amides is 2. The van der Waals surface area contributed by atoms with Crippen molar-refractivity contribution in [2.45, 2.75) is 45.6 Å². The smallest absolute Gasteiger partial charge is 0.225 e. The van der Waals surface area contributed by atoms with Gasteiger partial charge in [-0.15, -0.1) is 0 Å². The summed E-state index contributed by atoms with van der Waals surface area (Å²) in [6.07, 6.45) is 3.23. The minimum Gasteiger partial charge on any atom is -0.354 e. The zero-order valence-corrected chi connectivity index (χ0v) is 11.4. The van der Waals surface area contributed by atoms with Gasteiger partial charge in [0.1, 0.15) is 0 Å². The Morgan fingerprint density at radius 1 is 1.39 bits per heavy atom. The van der Waals surface area contributed by atoms with Gasteiger partial charge in [-0.1, -0.05) is 13.3 Å². The van der Waals surface area contributed by atoms with E-state index in [1.54, 1.807) is 4.90 Å². The lowest BCUT2D eigenvalue weighted by molar-refractivity contribution is -0.135. The van der Waals surface area contributed by atoms with Gasteiger partial charge in [0.25, 0.3) is 0 Å². The van der Waals surface area contributed by atoms with Crippen molar-refractivity contribution < 1.29 is 9.59 Å². The van der Waals surface area contributed by atoms with Crippen LogP contribution in [0, 0.1) is 5.92 Å². The van der Waals surface area contributed by atoms with Crippen LogP contribution >= 0.6 is 0 Å². The topological polar surface area (TPSA) is 75.4 Å². The van der Waals surface area contributed by atoms with Gasteiger partial charge in [-0.3, -0.25) is 9.59 Å². The first-order valence-corrected chi connectivity index (χ1v) is 6.81. The van der Waals surface area contributed by atoms with Crippen LogP contribution in [-0.4, -0.2) is 42.4 Å². The van der Waals surface area contributed by atoms with Crippen LogP contribution in [0.3, 0.4) is 0 Å². The van der Waals surface area contributed by atoms with Crippen LogP contribution < -0.4 is 11.1 Å². The molecule has 0 saturated carbocycles. The first kappa shape index (κ1) is 15.0. The average molecular weight is 255 g/mol. The van der Waals surface area contributed by atoms with Gasteiger partial charge >= 0.3 is 0 Å². The van der Waals surface area contributed by atoms with Crippen molar-refractivity contribution in [3.8, 4) is 0 Å². The summed E-state index contributed by atoms with van der Waals surface area (Å²) < 4.78 is 0. The summed E-state index contributed by atoms with van der Waals surface area (Å²) in [4.78, 5) is 25.2. The second-order valence-corrected chi connectivity index (χ2v) is 5.23. The third-order valence-corrected chi connectivity index (χ3v) is 3.34. The van der Waals surface area contributed by atoms with Gasteiger partial charge in [0, 0.05) is 38.0 Å². The highest BCUT2D eigenvalue weighted by Crippen LogP contribution is 2.13. The molecule has 0 spiro atoms. The third kappa shape index (κ3) is 5.04. The minimum absolute atomic E-state index is 0.0250. The van der Waals surface area contributed by atoms with Crippen LogP contribution in [0.25, 0.3) is 0 Å². The van der Waals surface area contributed by atoms with E-state index in [0.717, 1.165) is 19.3 Å². The van der Waals surface area contributed by atoms with Gasteiger partial charge in [-0.2, -0.15) is 0 Å². The van der Waals surface area contributed by atoms with Crippen LogP contribution in [0.5, 0.6) is 0 Å². The Morgan fingerprint density at radius 2 is 2.11 bits per heavy atom. The summed E-state index contributed by atoms with van der Waals surface area (Å²) in [5, 5.41) is 2.78. The Kier molecular flexibility index (Phi) is 6.12. The van der Waals surface area contributed by atoms with E-state index >= 15 is 0 Å². The second kappa shape index (κ2) is 7.36. The molecule has 0 aliphatic carbocycles. The molecule has 5 heteroatoms. The van der Waals surface area contributed by atoms with Gasteiger partial charge < -0.3 is 16.0 Å². The molecule has 1 heterocycles. The molecule has 18 heavy (non-hydrogen) atoms. The number of nitrogens with two attached hydrogens (primary N) is 1. The Balaban J connectivity index is 2.35. The van der Waals surface area contributed by atoms with Gasteiger partial charge in [0.2, 0.25) is 11.8 Å². The van der Waals surface area contributed by atoms with Crippen molar-refractivity contribution in [1.29, 1.82) is 0 Å². The molecule has 3 N–H and O–H groups in total. The minimum atomic E-state index is 0.0250. The zero-order valence-electron chi connectivity index (χ0n) is 11.4. The van der Waals surface area contributed by atoms with E-state index in [4.69, 9.17) is 5.73 Å². The average Bonchev–Trinajstić information content (AvgIpc) is 2.52. The van der Waals surface area contributed by atoms with Gasteiger partial charge in [0.05, 0.1) is 0 Å². The predicted octanol–water partition coefficient (Wildman–Crippen LogP) is 0.489. The van der Waals surface area contributed by atoms with Gasteiger partial charge in [0.15, 0.2) is 0 Å². The Labute approximate surface area is 109 Å². The quantitative estimate of drug-likeness (QED) is 0.750. The Morgan fingerprint density at radius 3 is 2.78 bits per heavy atom. The van der Waals surface area contributed by atoms with E-state index in [1.165, 1.54) is 0 Å². The monoisotopic (exact) mass is 255 g/mol. The third-order valence-electron chi connectivity index (χ3n) is 3.34. The molecule has 5 nitrogen and oxygen atoms in total. The molecule has 0 aromatic rings. The number of carbonyl (C=O) groups excluding carboxylic acids is 2. The molecule has 2 amide bonds. The largest absolute Gasteiger partial charge is 0.354 e. The summed E-state index contributed by atoms with van der Waals surface area (Å²) in [5.41, 5.74) is 5.69. The molecule has 0 aromatic heterocycles. The lowest BCUT2D eigenvalue weighted by Gasteiger charge is -2.23. The number of hydrogen-bond donors (Lipinski definition) is 2. The van der Waals surface area contributed by atoms with Crippen LogP contribution in [-0.2, 0) is 9.59 Å². The Hall–Kier alpha value is -1.10. The summed E-state index contributed by atoms with van der Waals surface area (Å²) >= 11 is 0. The SMILES string of the molecule is CC(N)CCCC(C)C(=O)N1CCNC(=O)CC1. The van der Waals surface area contributed by atoms with E-state index in [-0.39, 0.29) is 23.8 Å². The second-order valence-electron chi connectivity index (χ2n) is 5.23. The van der Waals surface area contributed by atoms with Crippen molar-refractivity contribution in [2.24, 2.45) is 11.7 Å². The Bertz CT molecular complexity index is 292. The molecule has 2 unspecified atom stereocenters. The molecule has 0 aromatic carbocycles. The zero-order chi connectivity index (χ0) is 13.5.